The first-order chi connectivity index (χ1) is 14.3. The van der Waals surface area contributed by atoms with Gasteiger partial charge in [-0.1, -0.05) is 24.3 Å². The summed E-state index contributed by atoms with van der Waals surface area (Å²) in [4.78, 5) is 18.8. The van der Waals surface area contributed by atoms with E-state index in [0.29, 0.717) is 11.3 Å². The van der Waals surface area contributed by atoms with E-state index in [1.807, 2.05) is 72.1 Å². The Kier molecular flexibility index (Phi) is 4.30. The number of nitrogens with one attached hydrogen (secondary N) is 1. The number of para-hydroxylation sites is 1. The number of nitrogens with zero attached hydrogens (tertiary/aromatic N) is 5. The van der Waals surface area contributed by atoms with Gasteiger partial charge in [0.2, 0.25) is 0 Å². The van der Waals surface area contributed by atoms with Gasteiger partial charge in [-0.25, -0.2) is 9.67 Å². The number of aromatic nitrogens is 5. The number of amides is 1. The Bertz CT molecular complexity index is 1280. The predicted molar refractivity (Wildman–Crippen MR) is 112 cm³/mol. The number of anilines is 1. The Morgan fingerprint density at radius 3 is 2.62 bits per heavy atom. The maximum absolute atomic E-state index is 13.1. The normalized spacial score (nSPS) is 10.9. The Hall–Kier alpha value is -3.91. The van der Waals surface area contributed by atoms with E-state index in [4.69, 9.17) is 4.98 Å². The largest absolute Gasteiger partial charge is 0.322 e. The summed E-state index contributed by atoms with van der Waals surface area (Å²) in [6.45, 7) is 0. The number of fused-ring (bicyclic) bond motifs is 1. The van der Waals surface area contributed by atoms with Crippen molar-refractivity contribution in [1.29, 1.82) is 0 Å². The summed E-state index contributed by atoms with van der Waals surface area (Å²) < 4.78 is 1.55. The van der Waals surface area contributed by atoms with Gasteiger partial charge in [0, 0.05) is 11.1 Å². The van der Waals surface area contributed by atoms with E-state index in [1.165, 1.54) is 6.33 Å². The molecular formula is C21H14N6OS. The van der Waals surface area contributed by atoms with Crippen LogP contribution in [-0.2, 0) is 0 Å². The number of hydrogen-bond donors (Lipinski definition) is 1. The number of benzene rings is 2. The summed E-state index contributed by atoms with van der Waals surface area (Å²) in [7, 11) is 0. The average Bonchev–Trinajstić information content (AvgIpc) is 3.48. The molecule has 8 heteroatoms. The van der Waals surface area contributed by atoms with E-state index in [9.17, 15) is 4.79 Å². The van der Waals surface area contributed by atoms with Crippen molar-refractivity contribution >= 4 is 33.8 Å². The van der Waals surface area contributed by atoms with Crippen LogP contribution in [0.5, 0.6) is 0 Å². The van der Waals surface area contributed by atoms with Crippen molar-refractivity contribution in [1.82, 2.24) is 25.2 Å². The van der Waals surface area contributed by atoms with E-state index >= 15 is 0 Å². The molecule has 0 atom stereocenters. The molecule has 5 aromatic rings. The lowest BCUT2D eigenvalue weighted by Crippen LogP contribution is -2.13. The number of hydrogen-bond acceptors (Lipinski definition) is 6. The van der Waals surface area contributed by atoms with Crippen molar-refractivity contribution < 1.29 is 4.79 Å². The van der Waals surface area contributed by atoms with E-state index in [-0.39, 0.29) is 5.91 Å². The summed E-state index contributed by atoms with van der Waals surface area (Å²) in [5.41, 5.74) is 3.66. The molecule has 0 spiro atoms. The first-order valence-corrected chi connectivity index (χ1v) is 9.74. The van der Waals surface area contributed by atoms with Crippen LogP contribution in [0, 0.1) is 0 Å². The lowest BCUT2D eigenvalue weighted by Gasteiger charge is -2.10. The maximum Gasteiger partial charge on any atom is 0.256 e. The quantitative estimate of drug-likeness (QED) is 0.491. The third-order valence-electron chi connectivity index (χ3n) is 4.47. The van der Waals surface area contributed by atoms with Crippen molar-refractivity contribution in [2.45, 2.75) is 0 Å². The van der Waals surface area contributed by atoms with E-state index in [0.717, 1.165) is 27.2 Å². The van der Waals surface area contributed by atoms with Crippen LogP contribution >= 0.6 is 11.3 Å². The molecule has 0 saturated carbocycles. The fraction of sp³-hybridized carbons (Fsp3) is 0. The van der Waals surface area contributed by atoms with Gasteiger partial charge in [-0.05, 0) is 58.3 Å². The highest BCUT2D eigenvalue weighted by Crippen LogP contribution is 2.28. The Morgan fingerprint density at radius 1 is 1.00 bits per heavy atom. The number of carbonyl (C=O) groups excluding carboxylic acids is 1. The number of tetrazole rings is 1. The van der Waals surface area contributed by atoms with Crippen molar-refractivity contribution in [2.75, 3.05) is 5.32 Å². The maximum atomic E-state index is 13.1. The summed E-state index contributed by atoms with van der Waals surface area (Å²) in [5.74, 6) is -0.184. The molecular weight excluding hydrogens is 384 g/mol. The van der Waals surface area contributed by atoms with Gasteiger partial charge in [-0.15, -0.1) is 16.4 Å². The topological polar surface area (TPSA) is 85.6 Å². The number of pyridine rings is 1. The molecule has 29 heavy (non-hydrogen) atoms. The zero-order chi connectivity index (χ0) is 19.6. The second kappa shape index (κ2) is 7.25. The monoisotopic (exact) mass is 398 g/mol. The van der Waals surface area contributed by atoms with Crippen LogP contribution in [0.15, 0.2) is 78.4 Å². The molecule has 5 rings (SSSR count). The van der Waals surface area contributed by atoms with Gasteiger partial charge in [-0.3, -0.25) is 4.79 Å². The average molecular weight is 398 g/mol. The SMILES string of the molecule is O=C(Nc1ccc(-n2cnnn2)cc1)c1cc(-c2cccs2)nc2ccccc12. The van der Waals surface area contributed by atoms with Crippen LogP contribution < -0.4 is 5.32 Å². The van der Waals surface area contributed by atoms with Gasteiger partial charge in [0.15, 0.2) is 0 Å². The molecule has 1 N–H and O–H groups in total. The molecule has 7 nitrogen and oxygen atoms in total. The van der Waals surface area contributed by atoms with Gasteiger partial charge >= 0.3 is 0 Å². The van der Waals surface area contributed by atoms with Crippen LogP contribution in [0.25, 0.3) is 27.2 Å². The van der Waals surface area contributed by atoms with Gasteiger partial charge < -0.3 is 5.32 Å². The molecule has 0 bridgehead atoms. The molecule has 0 radical (unpaired) electrons. The number of thiophene rings is 1. The smallest absolute Gasteiger partial charge is 0.256 e. The van der Waals surface area contributed by atoms with E-state index in [1.54, 1.807) is 16.0 Å². The molecule has 0 saturated heterocycles. The highest BCUT2D eigenvalue weighted by Gasteiger charge is 2.14. The molecule has 0 unspecified atom stereocenters. The van der Waals surface area contributed by atoms with E-state index in [2.05, 4.69) is 20.8 Å². The highest BCUT2D eigenvalue weighted by molar-refractivity contribution is 7.13. The molecule has 0 aliphatic heterocycles. The third-order valence-corrected chi connectivity index (χ3v) is 5.37. The first-order valence-electron chi connectivity index (χ1n) is 8.86. The Labute approximate surface area is 169 Å². The minimum atomic E-state index is -0.184. The molecule has 0 fully saturated rings. The fourth-order valence-electron chi connectivity index (χ4n) is 3.09. The van der Waals surface area contributed by atoms with Crippen molar-refractivity contribution in [3.8, 4) is 16.3 Å². The predicted octanol–water partition coefficient (Wildman–Crippen LogP) is 4.19. The van der Waals surface area contributed by atoms with Gasteiger partial charge in [0.1, 0.15) is 6.33 Å². The fourth-order valence-corrected chi connectivity index (χ4v) is 3.78. The van der Waals surface area contributed by atoms with E-state index < -0.39 is 0 Å². The van der Waals surface area contributed by atoms with Crippen LogP contribution in [0.2, 0.25) is 0 Å². The third kappa shape index (κ3) is 3.37. The summed E-state index contributed by atoms with van der Waals surface area (Å²) in [6.07, 6.45) is 1.52. The zero-order valence-corrected chi connectivity index (χ0v) is 15.9. The molecule has 0 aliphatic carbocycles. The van der Waals surface area contributed by atoms with Crippen LogP contribution in [-0.4, -0.2) is 31.1 Å². The molecule has 140 valence electrons. The second-order valence-electron chi connectivity index (χ2n) is 6.30. The lowest BCUT2D eigenvalue weighted by atomic mass is 10.1. The second-order valence-corrected chi connectivity index (χ2v) is 7.25. The molecule has 1 amide bonds. The minimum Gasteiger partial charge on any atom is -0.322 e. The summed E-state index contributed by atoms with van der Waals surface area (Å²) >= 11 is 1.60. The number of carbonyl (C=O) groups is 1. The van der Waals surface area contributed by atoms with Crippen LogP contribution in [0.4, 0.5) is 5.69 Å². The lowest BCUT2D eigenvalue weighted by molar-refractivity contribution is 0.102. The molecule has 2 aromatic carbocycles. The Morgan fingerprint density at radius 2 is 1.86 bits per heavy atom. The van der Waals surface area contributed by atoms with Crippen molar-refractivity contribution in [2.24, 2.45) is 0 Å². The van der Waals surface area contributed by atoms with Gasteiger partial charge in [0.05, 0.1) is 27.3 Å². The van der Waals surface area contributed by atoms with Crippen LogP contribution in [0.3, 0.4) is 0 Å². The van der Waals surface area contributed by atoms with Crippen molar-refractivity contribution in [3.63, 3.8) is 0 Å². The highest BCUT2D eigenvalue weighted by atomic mass is 32.1. The Balaban J connectivity index is 1.49. The standard InChI is InChI=1S/C21H14N6OS/c28-21(23-14-7-9-15(10-8-14)27-13-22-25-26-27)17-12-19(20-6-3-11-29-20)24-18-5-2-1-4-16(17)18/h1-13H,(H,23,28). The molecule has 3 aromatic heterocycles. The summed E-state index contributed by atoms with van der Waals surface area (Å²) in [5, 5.41) is 16.9. The van der Waals surface area contributed by atoms with Crippen LogP contribution in [0.1, 0.15) is 10.4 Å². The zero-order valence-electron chi connectivity index (χ0n) is 15.1. The molecule has 0 aliphatic rings. The number of rotatable bonds is 4. The van der Waals surface area contributed by atoms with Crippen molar-refractivity contribution in [3.05, 3.63) is 84.0 Å². The summed E-state index contributed by atoms with van der Waals surface area (Å²) in [6, 6.07) is 20.8. The first kappa shape index (κ1) is 17.2. The van der Waals surface area contributed by atoms with Gasteiger partial charge in [0.25, 0.3) is 5.91 Å². The molecule has 3 heterocycles. The minimum absolute atomic E-state index is 0.184. The van der Waals surface area contributed by atoms with Gasteiger partial charge in [-0.2, -0.15) is 0 Å².